The Morgan fingerprint density at radius 3 is 2.61 bits per heavy atom. The van der Waals surface area contributed by atoms with Gasteiger partial charge in [0.05, 0.1) is 0 Å². The van der Waals surface area contributed by atoms with E-state index in [4.69, 9.17) is 4.74 Å². The first kappa shape index (κ1) is 12.2. The van der Waals surface area contributed by atoms with E-state index in [1.165, 1.54) is 12.1 Å². The van der Waals surface area contributed by atoms with E-state index in [1.807, 2.05) is 0 Å². The molecule has 0 aromatic heterocycles. The van der Waals surface area contributed by atoms with E-state index >= 15 is 0 Å². The van der Waals surface area contributed by atoms with E-state index < -0.39 is 11.6 Å². The van der Waals surface area contributed by atoms with Crippen LogP contribution in [-0.4, -0.2) is 6.29 Å². The molecule has 0 aliphatic carbocycles. The molecule has 0 heterocycles. The zero-order valence-corrected chi connectivity index (χ0v) is 9.40. The summed E-state index contributed by atoms with van der Waals surface area (Å²) in [5.41, 5.74) is 1.09. The van der Waals surface area contributed by atoms with Crippen molar-refractivity contribution in [2.24, 2.45) is 0 Å². The van der Waals surface area contributed by atoms with Gasteiger partial charge in [-0.1, -0.05) is 30.3 Å². The SMILES string of the molecule is O=Cc1ccccc1COc1cccc(F)c1F. The molecule has 0 saturated heterocycles. The highest BCUT2D eigenvalue weighted by Crippen LogP contribution is 2.20. The molecular weight excluding hydrogens is 238 g/mol. The molecule has 2 aromatic rings. The normalized spacial score (nSPS) is 10.1. The van der Waals surface area contributed by atoms with Crippen molar-refractivity contribution in [2.75, 3.05) is 0 Å². The van der Waals surface area contributed by atoms with Gasteiger partial charge in [0, 0.05) is 5.56 Å². The average Bonchev–Trinajstić information content (AvgIpc) is 2.41. The van der Waals surface area contributed by atoms with Gasteiger partial charge in [-0.2, -0.15) is 4.39 Å². The zero-order chi connectivity index (χ0) is 13.0. The highest BCUT2D eigenvalue weighted by Gasteiger charge is 2.09. The summed E-state index contributed by atoms with van der Waals surface area (Å²) in [5, 5.41) is 0. The minimum atomic E-state index is -1.03. The van der Waals surface area contributed by atoms with Crippen LogP contribution >= 0.6 is 0 Å². The second kappa shape index (κ2) is 5.40. The highest BCUT2D eigenvalue weighted by molar-refractivity contribution is 5.77. The summed E-state index contributed by atoms with van der Waals surface area (Å²) < 4.78 is 31.4. The highest BCUT2D eigenvalue weighted by atomic mass is 19.2. The smallest absolute Gasteiger partial charge is 0.200 e. The van der Waals surface area contributed by atoms with Crippen LogP contribution in [0.3, 0.4) is 0 Å². The second-order valence-corrected chi connectivity index (χ2v) is 3.66. The fourth-order valence-corrected chi connectivity index (χ4v) is 1.53. The second-order valence-electron chi connectivity index (χ2n) is 3.66. The van der Waals surface area contributed by atoms with Crippen LogP contribution in [0.1, 0.15) is 15.9 Å². The van der Waals surface area contributed by atoms with Crippen LogP contribution in [0.25, 0.3) is 0 Å². The predicted octanol–water partition coefficient (Wildman–Crippen LogP) is 3.36. The van der Waals surface area contributed by atoms with Crippen molar-refractivity contribution in [3.63, 3.8) is 0 Å². The van der Waals surface area contributed by atoms with Crippen molar-refractivity contribution in [2.45, 2.75) is 6.61 Å². The number of carbonyl (C=O) groups excluding carboxylic acids is 1. The van der Waals surface area contributed by atoms with Crippen molar-refractivity contribution in [1.29, 1.82) is 0 Å². The molecule has 2 rings (SSSR count). The molecule has 0 aliphatic rings. The maximum Gasteiger partial charge on any atom is 0.200 e. The number of carbonyl (C=O) groups is 1. The first-order valence-electron chi connectivity index (χ1n) is 5.32. The first-order valence-corrected chi connectivity index (χ1v) is 5.32. The van der Waals surface area contributed by atoms with E-state index in [-0.39, 0.29) is 12.4 Å². The topological polar surface area (TPSA) is 26.3 Å². The number of hydrogen-bond donors (Lipinski definition) is 0. The molecule has 2 aromatic carbocycles. The lowest BCUT2D eigenvalue weighted by molar-refractivity contribution is 0.112. The van der Waals surface area contributed by atoms with E-state index in [0.717, 1.165) is 6.07 Å². The standard InChI is InChI=1S/C14H10F2O2/c15-12-6-3-7-13(14(12)16)18-9-11-5-2-1-4-10(11)8-17/h1-8H,9H2. The van der Waals surface area contributed by atoms with Crippen LogP contribution in [-0.2, 0) is 6.61 Å². The van der Waals surface area contributed by atoms with Crippen LogP contribution in [0.4, 0.5) is 8.78 Å². The predicted molar refractivity (Wildman–Crippen MR) is 62.5 cm³/mol. The van der Waals surface area contributed by atoms with Gasteiger partial charge in [0.2, 0.25) is 5.82 Å². The van der Waals surface area contributed by atoms with Gasteiger partial charge < -0.3 is 4.74 Å². The molecular formula is C14H10F2O2. The molecule has 0 N–H and O–H groups in total. The fourth-order valence-electron chi connectivity index (χ4n) is 1.53. The van der Waals surface area contributed by atoms with Gasteiger partial charge in [0.15, 0.2) is 11.6 Å². The summed E-state index contributed by atoms with van der Waals surface area (Å²) in [4.78, 5) is 10.8. The van der Waals surface area contributed by atoms with Crippen LogP contribution in [0.5, 0.6) is 5.75 Å². The maximum absolute atomic E-state index is 13.3. The van der Waals surface area contributed by atoms with E-state index in [2.05, 4.69) is 0 Å². The van der Waals surface area contributed by atoms with Crippen molar-refractivity contribution >= 4 is 6.29 Å². The minimum absolute atomic E-state index is 0.00921. The number of ether oxygens (including phenoxy) is 1. The molecule has 0 radical (unpaired) electrons. The van der Waals surface area contributed by atoms with Gasteiger partial charge in [-0.05, 0) is 17.7 Å². The lowest BCUT2D eigenvalue weighted by Crippen LogP contribution is -2.01. The Hall–Kier alpha value is -2.23. The van der Waals surface area contributed by atoms with Crippen molar-refractivity contribution in [3.8, 4) is 5.75 Å². The van der Waals surface area contributed by atoms with Crippen molar-refractivity contribution in [1.82, 2.24) is 0 Å². The Bertz CT molecular complexity index is 567. The molecule has 0 spiro atoms. The van der Waals surface area contributed by atoms with Crippen LogP contribution in [0, 0.1) is 11.6 Å². The van der Waals surface area contributed by atoms with Crippen molar-refractivity contribution < 1.29 is 18.3 Å². The van der Waals surface area contributed by atoms with Crippen LogP contribution < -0.4 is 4.74 Å². The van der Waals surface area contributed by atoms with Gasteiger partial charge in [0.25, 0.3) is 0 Å². The van der Waals surface area contributed by atoms with E-state index in [9.17, 15) is 13.6 Å². The first-order chi connectivity index (χ1) is 8.72. The summed E-state index contributed by atoms with van der Waals surface area (Å²) >= 11 is 0. The number of aldehydes is 1. The third-order valence-electron chi connectivity index (χ3n) is 2.48. The van der Waals surface area contributed by atoms with Gasteiger partial charge in [-0.15, -0.1) is 0 Å². The van der Waals surface area contributed by atoms with E-state index in [1.54, 1.807) is 24.3 Å². The molecule has 2 nitrogen and oxygen atoms in total. The van der Waals surface area contributed by atoms with Gasteiger partial charge in [-0.3, -0.25) is 4.79 Å². The number of rotatable bonds is 4. The maximum atomic E-state index is 13.3. The third-order valence-corrected chi connectivity index (χ3v) is 2.48. The van der Waals surface area contributed by atoms with Crippen LogP contribution in [0.2, 0.25) is 0 Å². The summed E-state index contributed by atoms with van der Waals surface area (Å²) in [6, 6.07) is 10.5. The number of hydrogen-bond acceptors (Lipinski definition) is 2. The molecule has 0 fully saturated rings. The molecule has 0 atom stereocenters. The summed E-state index contributed by atoms with van der Waals surface area (Å²) in [6.45, 7) is 0.00921. The summed E-state index contributed by atoms with van der Waals surface area (Å²) in [5.74, 6) is -2.16. The molecule has 4 heteroatoms. The van der Waals surface area contributed by atoms with Crippen molar-refractivity contribution in [3.05, 3.63) is 65.2 Å². The monoisotopic (exact) mass is 248 g/mol. The van der Waals surface area contributed by atoms with E-state index in [0.29, 0.717) is 17.4 Å². The van der Waals surface area contributed by atoms with Gasteiger partial charge in [0.1, 0.15) is 12.9 Å². The molecule has 0 amide bonds. The minimum Gasteiger partial charge on any atom is -0.486 e. The molecule has 0 aliphatic heterocycles. The Labute approximate surface area is 103 Å². The van der Waals surface area contributed by atoms with Crippen LogP contribution in [0.15, 0.2) is 42.5 Å². The molecule has 0 saturated carbocycles. The third kappa shape index (κ3) is 2.53. The molecule has 0 bridgehead atoms. The molecule has 0 unspecified atom stereocenters. The Morgan fingerprint density at radius 2 is 1.83 bits per heavy atom. The average molecular weight is 248 g/mol. The lowest BCUT2D eigenvalue weighted by Gasteiger charge is -2.08. The lowest BCUT2D eigenvalue weighted by atomic mass is 10.1. The molecule has 92 valence electrons. The Balaban J connectivity index is 2.16. The molecule has 18 heavy (non-hydrogen) atoms. The van der Waals surface area contributed by atoms with Gasteiger partial charge >= 0.3 is 0 Å². The van der Waals surface area contributed by atoms with Gasteiger partial charge in [-0.25, -0.2) is 4.39 Å². The quantitative estimate of drug-likeness (QED) is 0.775. The summed E-state index contributed by atoms with van der Waals surface area (Å²) in [6.07, 6.45) is 0.695. The number of halogens is 2. The Morgan fingerprint density at radius 1 is 1.06 bits per heavy atom. The zero-order valence-electron chi connectivity index (χ0n) is 9.40. The largest absolute Gasteiger partial charge is 0.486 e. The number of benzene rings is 2. The summed E-state index contributed by atoms with van der Waals surface area (Å²) in [7, 11) is 0. The fraction of sp³-hybridized carbons (Fsp3) is 0.0714. The Kier molecular flexibility index (Phi) is 3.67.